The molecule has 2 N–H and O–H groups in total. The molecule has 1 aromatic heterocycles. The Bertz CT molecular complexity index is 845. The molecule has 134 valence electrons. The lowest BCUT2D eigenvalue weighted by Gasteiger charge is -2.18. The highest BCUT2D eigenvalue weighted by Crippen LogP contribution is 2.26. The van der Waals surface area contributed by atoms with Gasteiger partial charge in [-0.05, 0) is 36.1 Å². The first-order chi connectivity index (χ1) is 12.7. The molecule has 0 radical (unpaired) electrons. The molecule has 3 aromatic rings. The summed E-state index contributed by atoms with van der Waals surface area (Å²) < 4.78 is 5.28. The lowest BCUT2D eigenvalue weighted by atomic mass is 10.0. The van der Waals surface area contributed by atoms with Gasteiger partial charge in [-0.15, -0.1) is 11.3 Å². The van der Waals surface area contributed by atoms with Crippen LogP contribution in [0, 0.1) is 6.92 Å². The SMILES string of the molecule is COc1ccccc1NC(=O)CN[C@H](c1ccc(C)cc1)c1cccs1. The van der Waals surface area contributed by atoms with Crippen LogP contribution in [0.1, 0.15) is 22.0 Å². The molecule has 0 unspecified atom stereocenters. The summed E-state index contributed by atoms with van der Waals surface area (Å²) in [5.74, 6) is 0.539. The maximum atomic E-state index is 12.4. The smallest absolute Gasteiger partial charge is 0.238 e. The summed E-state index contributed by atoms with van der Waals surface area (Å²) in [5.41, 5.74) is 3.03. The predicted octanol–water partition coefficient (Wildman–Crippen LogP) is 4.38. The van der Waals surface area contributed by atoms with Gasteiger partial charge in [0.2, 0.25) is 5.91 Å². The fourth-order valence-corrected chi connectivity index (χ4v) is 3.56. The topological polar surface area (TPSA) is 50.4 Å². The van der Waals surface area contributed by atoms with Crippen LogP contribution in [0.15, 0.2) is 66.0 Å². The van der Waals surface area contributed by atoms with Crippen molar-refractivity contribution in [2.24, 2.45) is 0 Å². The lowest BCUT2D eigenvalue weighted by molar-refractivity contribution is -0.115. The molecule has 5 heteroatoms. The molecular formula is C21H22N2O2S. The molecule has 0 aliphatic rings. The molecule has 3 rings (SSSR count). The van der Waals surface area contributed by atoms with Gasteiger partial charge >= 0.3 is 0 Å². The van der Waals surface area contributed by atoms with Gasteiger partial charge < -0.3 is 10.1 Å². The summed E-state index contributed by atoms with van der Waals surface area (Å²) in [7, 11) is 1.59. The van der Waals surface area contributed by atoms with E-state index in [0.717, 1.165) is 5.56 Å². The summed E-state index contributed by atoms with van der Waals surface area (Å²) in [6.45, 7) is 2.27. The number of rotatable bonds is 7. The van der Waals surface area contributed by atoms with E-state index in [2.05, 4.69) is 47.9 Å². The number of ether oxygens (including phenoxy) is 1. The second kappa shape index (κ2) is 8.65. The molecule has 4 nitrogen and oxygen atoms in total. The van der Waals surface area contributed by atoms with Gasteiger partial charge in [0.1, 0.15) is 5.75 Å². The molecule has 2 aromatic carbocycles. The number of thiophene rings is 1. The van der Waals surface area contributed by atoms with Crippen molar-refractivity contribution >= 4 is 22.9 Å². The third-order valence-electron chi connectivity index (χ3n) is 4.09. The predicted molar refractivity (Wildman–Crippen MR) is 107 cm³/mol. The molecule has 0 fully saturated rings. The Morgan fingerprint density at radius 2 is 1.85 bits per heavy atom. The molecule has 0 aliphatic carbocycles. The Hall–Kier alpha value is -2.63. The number of hydrogen-bond acceptors (Lipinski definition) is 4. The van der Waals surface area contributed by atoms with Crippen molar-refractivity contribution in [3.8, 4) is 5.75 Å². The second-order valence-electron chi connectivity index (χ2n) is 5.99. The Balaban J connectivity index is 1.70. The summed E-state index contributed by atoms with van der Waals surface area (Å²) in [6.07, 6.45) is 0. The fraction of sp³-hybridized carbons (Fsp3) is 0.190. The highest BCUT2D eigenvalue weighted by molar-refractivity contribution is 7.10. The largest absolute Gasteiger partial charge is 0.495 e. The van der Waals surface area contributed by atoms with E-state index in [1.165, 1.54) is 10.4 Å². The average Bonchev–Trinajstić information content (AvgIpc) is 3.18. The zero-order valence-electron chi connectivity index (χ0n) is 14.9. The summed E-state index contributed by atoms with van der Waals surface area (Å²) >= 11 is 1.68. The van der Waals surface area contributed by atoms with Crippen LogP contribution in [0.3, 0.4) is 0 Å². The van der Waals surface area contributed by atoms with Crippen molar-refractivity contribution in [3.05, 3.63) is 82.0 Å². The third kappa shape index (κ3) is 4.50. The molecule has 0 saturated carbocycles. The van der Waals surface area contributed by atoms with E-state index in [1.54, 1.807) is 18.4 Å². The minimum atomic E-state index is -0.108. The van der Waals surface area contributed by atoms with Gasteiger partial charge in [0.05, 0.1) is 25.4 Å². The van der Waals surface area contributed by atoms with Crippen molar-refractivity contribution in [2.75, 3.05) is 19.0 Å². The lowest BCUT2D eigenvalue weighted by Crippen LogP contribution is -2.31. The molecule has 0 bridgehead atoms. The van der Waals surface area contributed by atoms with E-state index in [4.69, 9.17) is 4.74 Å². The van der Waals surface area contributed by atoms with E-state index in [0.29, 0.717) is 11.4 Å². The maximum Gasteiger partial charge on any atom is 0.238 e. The molecule has 1 atom stereocenters. The number of anilines is 1. The number of aryl methyl sites for hydroxylation is 1. The van der Waals surface area contributed by atoms with Gasteiger partial charge in [-0.25, -0.2) is 0 Å². The number of amides is 1. The number of benzene rings is 2. The first kappa shape index (κ1) is 18.2. The Morgan fingerprint density at radius 1 is 1.08 bits per heavy atom. The molecule has 26 heavy (non-hydrogen) atoms. The number of methoxy groups -OCH3 is 1. The van der Waals surface area contributed by atoms with Crippen LogP contribution in [-0.4, -0.2) is 19.6 Å². The highest BCUT2D eigenvalue weighted by atomic mass is 32.1. The quantitative estimate of drug-likeness (QED) is 0.652. The summed E-state index contributed by atoms with van der Waals surface area (Å²) in [5, 5.41) is 8.32. The van der Waals surface area contributed by atoms with E-state index in [9.17, 15) is 4.79 Å². The first-order valence-electron chi connectivity index (χ1n) is 8.43. The van der Waals surface area contributed by atoms with Crippen LogP contribution < -0.4 is 15.4 Å². The van der Waals surface area contributed by atoms with Gasteiger partial charge in [0.25, 0.3) is 0 Å². The summed E-state index contributed by atoms with van der Waals surface area (Å²) in [4.78, 5) is 13.6. The van der Waals surface area contributed by atoms with E-state index in [-0.39, 0.29) is 18.5 Å². The zero-order chi connectivity index (χ0) is 18.4. The van der Waals surface area contributed by atoms with E-state index >= 15 is 0 Å². The first-order valence-corrected chi connectivity index (χ1v) is 9.31. The molecular weight excluding hydrogens is 344 g/mol. The maximum absolute atomic E-state index is 12.4. The molecule has 1 heterocycles. The van der Waals surface area contributed by atoms with Crippen LogP contribution in [0.5, 0.6) is 5.75 Å². The van der Waals surface area contributed by atoms with Crippen LogP contribution in [0.4, 0.5) is 5.69 Å². The minimum Gasteiger partial charge on any atom is -0.495 e. The Kier molecular flexibility index (Phi) is 6.04. The Labute approximate surface area is 157 Å². The second-order valence-corrected chi connectivity index (χ2v) is 6.97. The number of hydrogen-bond donors (Lipinski definition) is 2. The summed E-state index contributed by atoms with van der Waals surface area (Å²) in [6, 6.07) is 19.9. The third-order valence-corrected chi connectivity index (χ3v) is 5.02. The van der Waals surface area contributed by atoms with E-state index in [1.807, 2.05) is 35.7 Å². The highest BCUT2D eigenvalue weighted by Gasteiger charge is 2.16. The van der Waals surface area contributed by atoms with Gasteiger partial charge in [0, 0.05) is 4.88 Å². The van der Waals surface area contributed by atoms with Crippen molar-refractivity contribution in [2.45, 2.75) is 13.0 Å². The van der Waals surface area contributed by atoms with Gasteiger partial charge in [-0.1, -0.05) is 48.0 Å². The molecule has 1 amide bonds. The van der Waals surface area contributed by atoms with Crippen molar-refractivity contribution in [1.29, 1.82) is 0 Å². The number of carbonyl (C=O) groups is 1. The van der Waals surface area contributed by atoms with Crippen LogP contribution in [0.25, 0.3) is 0 Å². The molecule has 0 spiro atoms. The monoisotopic (exact) mass is 366 g/mol. The van der Waals surface area contributed by atoms with Gasteiger partial charge in [0.15, 0.2) is 0 Å². The van der Waals surface area contributed by atoms with Crippen molar-refractivity contribution in [3.63, 3.8) is 0 Å². The average molecular weight is 366 g/mol. The fourth-order valence-electron chi connectivity index (χ4n) is 2.73. The minimum absolute atomic E-state index is 0.0148. The number of nitrogens with one attached hydrogen (secondary N) is 2. The number of para-hydroxylation sites is 2. The van der Waals surface area contributed by atoms with Crippen molar-refractivity contribution < 1.29 is 9.53 Å². The van der Waals surface area contributed by atoms with Crippen LogP contribution in [0.2, 0.25) is 0 Å². The molecule has 0 saturated heterocycles. The Morgan fingerprint density at radius 3 is 2.54 bits per heavy atom. The number of carbonyl (C=O) groups excluding carboxylic acids is 1. The zero-order valence-corrected chi connectivity index (χ0v) is 15.7. The van der Waals surface area contributed by atoms with Gasteiger partial charge in [-0.3, -0.25) is 10.1 Å². The molecule has 0 aliphatic heterocycles. The standard InChI is InChI=1S/C21H22N2O2S/c1-15-9-11-16(12-10-15)21(19-8-5-13-26-19)22-14-20(24)23-17-6-3-4-7-18(17)25-2/h3-13,21-22H,14H2,1-2H3,(H,23,24)/t21-/m1/s1. The van der Waals surface area contributed by atoms with Gasteiger partial charge in [-0.2, -0.15) is 0 Å². The van der Waals surface area contributed by atoms with Crippen LogP contribution in [-0.2, 0) is 4.79 Å². The normalized spacial score (nSPS) is 11.8. The van der Waals surface area contributed by atoms with Crippen LogP contribution >= 0.6 is 11.3 Å². The van der Waals surface area contributed by atoms with Crippen molar-refractivity contribution in [1.82, 2.24) is 5.32 Å². The van der Waals surface area contributed by atoms with E-state index < -0.39 is 0 Å².